The minimum Gasteiger partial charge on any atom is -0.385 e. The molecule has 2 aromatic heterocycles. The molecule has 0 aliphatic carbocycles. The second kappa shape index (κ2) is 8.91. The summed E-state index contributed by atoms with van der Waals surface area (Å²) in [4.78, 5) is 47.0. The zero-order valence-electron chi connectivity index (χ0n) is 16.7. The van der Waals surface area contributed by atoms with Crippen LogP contribution in [0.1, 0.15) is 18.3 Å². The zero-order chi connectivity index (χ0) is 22.9. The van der Waals surface area contributed by atoms with E-state index in [0.29, 0.717) is 47.9 Å². The van der Waals surface area contributed by atoms with Crippen LogP contribution in [0.2, 0.25) is 0 Å². The maximum absolute atomic E-state index is 13.3. The average molecular weight is 506 g/mol. The first-order valence-corrected chi connectivity index (χ1v) is 10.2. The number of nitrogens with one attached hydrogen (secondary N) is 1. The van der Waals surface area contributed by atoms with Crippen molar-refractivity contribution >= 4 is 44.7 Å². The molecule has 1 saturated heterocycles. The van der Waals surface area contributed by atoms with Crippen LogP contribution in [0.3, 0.4) is 0 Å². The summed E-state index contributed by atoms with van der Waals surface area (Å²) in [5, 5.41) is 3.17. The quantitative estimate of drug-likeness (QED) is 0.491. The van der Waals surface area contributed by atoms with E-state index in [1.807, 2.05) is 4.90 Å². The molecule has 0 atom stereocenters. The number of pyridine rings is 1. The number of hydrogen-bond acceptors (Lipinski definition) is 8. The van der Waals surface area contributed by atoms with Gasteiger partial charge in [-0.3, -0.25) is 4.79 Å². The van der Waals surface area contributed by atoms with Gasteiger partial charge < -0.3 is 19.5 Å². The number of fused-ring (bicyclic) bond motifs is 1. The van der Waals surface area contributed by atoms with Crippen LogP contribution in [-0.4, -0.2) is 58.8 Å². The lowest BCUT2D eigenvalue weighted by Gasteiger charge is -2.31. The van der Waals surface area contributed by atoms with Crippen molar-refractivity contribution in [3.63, 3.8) is 0 Å². The third kappa shape index (κ3) is 4.71. The molecule has 1 aliphatic heterocycles. The number of ether oxygens (including phenoxy) is 1. The van der Waals surface area contributed by atoms with Crippen LogP contribution in [0.4, 0.5) is 18.9 Å². The molecule has 1 aliphatic rings. The first kappa shape index (κ1) is 23.1. The molecule has 31 heavy (non-hydrogen) atoms. The second-order valence-corrected chi connectivity index (χ2v) is 7.58. The van der Waals surface area contributed by atoms with Crippen molar-refractivity contribution in [3.8, 4) is 0 Å². The van der Waals surface area contributed by atoms with E-state index >= 15 is 0 Å². The second-order valence-electron chi connectivity index (χ2n) is 6.83. The number of alkyl halides is 3. The summed E-state index contributed by atoms with van der Waals surface area (Å²) in [6, 6.07) is 0. The SMILES string of the molecule is CCc1c(N2CCNCC2)c(=O)c2nc(Br)c(C)nc2n1CC(=O)OC(=O)C(F)(F)F. The molecule has 13 heteroatoms. The van der Waals surface area contributed by atoms with Crippen LogP contribution in [0.15, 0.2) is 9.40 Å². The van der Waals surface area contributed by atoms with Gasteiger partial charge in [0.05, 0.1) is 5.69 Å². The number of halogens is 4. The van der Waals surface area contributed by atoms with Crippen LogP contribution in [0.25, 0.3) is 11.2 Å². The van der Waals surface area contributed by atoms with Crippen molar-refractivity contribution in [2.75, 3.05) is 31.1 Å². The van der Waals surface area contributed by atoms with Crippen LogP contribution in [-0.2, 0) is 27.3 Å². The molecule has 1 fully saturated rings. The monoisotopic (exact) mass is 505 g/mol. The Labute approximate surface area is 182 Å². The lowest BCUT2D eigenvalue weighted by atomic mass is 10.1. The predicted octanol–water partition coefficient (Wildman–Crippen LogP) is 1.47. The average Bonchev–Trinajstić information content (AvgIpc) is 2.71. The summed E-state index contributed by atoms with van der Waals surface area (Å²) in [5.41, 5.74) is 0.703. The van der Waals surface area contributed by atoms with E-state index in [1.54, 1.807) is 13.8 Å². The van der Waals surface area contributed by atoms with Crippen LogP contribution < -0.4 is 15.6 Å². The van der Waals surface area contributed by atoms with E-state index in [2.05, 4.69) is 36.0 Å². The summed E-state index contributed by atoms with van der Waals surface area (Å²) >= 11 is 3.23. The minimum atomic E-state index is -5.30. The third-order valence-corrected chi connectivity index (χ3v) is 5.52. The molecule has 168 valence electrons. The fourth-order valence-electron chi connectivity index (χ4n) is 3.39. The molecule has 2 aromatic rings. The van der Waals surface area contributed by atoms with Gasteiger partial charge in [0.15, 0.2) is 11.2 Å². The van der Waals surface area contributed by atoms with Crippen molar-refractivity contribution in [3.05, 3.63) is 26.2 Å². The number of carbonyl (C=O) groups is 2. The lowest BCUT2D eigenvalue weighted by molar-refractivity contribution is -0.202. The number of nitrogens with zero attached hydrogens (tertiary/aromatic N) is 4. The number of carbonyl (C=O) groups excluding carboxylic acids is 2. The van der Waals surface area contributed by atoms with Crippen molar-refractivity contribution in [2.24, 2.45) is 0 Å². The number of aromatic nitrogens is 3. The Morgan fingerprint density at radius 3 is 2.45 bits per heavy atom. The Kier molecular flexibility index (Phi) is 6.65. The van der Waals surface area contributed by atoms with E-state index < -0.39 is 30.1 Å². The van der Waals surface area contributed by atoms with Gasteiger partial charge in [-0.15, -0.1) is 0 Å². The fraction of sp³-hybridized carbons (Fsp3) is 0.500. The van der Waals surface area contributed by atoms with Gasteiger partial charge in [-0.1, -0.05) is 6.92 Å². The van der Waals surface area contributed by atoms with Gasteiger partial charge in [0.2, 0.25) is 5.43 Å². The molecule has 3 rings (SSSR count). The summed E-state index contributed by atoms with van der Waals surface area (Å²) in [6.45, 7) is 4.92. The number of anilines is 1. The number of rotatable bonds is 4. The Hall–Kier alpha value is -2.54. The van der Waals surface area contributed by atoms with Crippen molar-refractivity contribution in [1.82, 2.24) is 19.9 Å². The molecule has 0 unspecified atom stereocenters. The van der Waals surface area contributed by atoms with E-state index in [-0.39, 0.29) is 17.6 Å². The molecule has 0 amide bonds. The highest BCUT2D eigenvalue weighted by molar-refractivity contribution is 9.10. The number of esters is 2. The van der Waals surface area contributed by atoms with Gasteiger partial charge in [-0.2, -0.15) is 13.2 Å². The Morgan fingerprint density at radius 2 is 1.87 bits per heavy atom. The van der Waals surface area contributed by atoms with E-state index in [9.17, 15) is 27.6 Å². The summed E-state index contributed by atoms with van der Waals surface area (Å²) in [5.74, 6) is -4.02. The molecular weight excluding hydrogens is 487 g/mol. The minimum absolute atomic E-state index is 0.0258. The standard InChI is InChI=1S/C18H19BrF3N5O4/c1-3-10-13(26-6-4-23-5-7-26)14(29)12-16(24-9(2)15(19)25-12)27(10)8-11(28)31-17(30)18(20,21)22/h23H,3-8H2,1-2H3. The highest BCUT2D eigenvalue weighted by atomic mass is 79.9. The maximum Gasteiger partial charge on any atom is 0.491 e. The largest absolute Gasteiger partial charge is 0.491 e. The summed E-state index contributed by atoms with van der Waals surface area (Å²) in [6.07, 6.45) is -5.02. The van der Waals surface area contributed by atoms with E-state index in [1.165, 1.54) is 4.57 Å². The first-order chi connectivity index (χ1) is 14.5. The maximum atomic E-state index is 13.3. The molecule has 0 radical (unpaired) electrons. The Balaban J connectivity index is 2.18. The topological polar surface area (TPSA) is 106 Å². The molecule has 0 aromatic carbocycles. The van der Waals surface area contributed by atoms with Gasteiger partial charge in [0.1, 0.15) is 16.8 Å². The molecule has 0 saturated carbocycles. The molecule has 0 spiro atoms. The zero-order valence-corrected chi connectivity index (χ0v) is 18.3. The summed E-state index contributed by atoms with van der Waals surface area (Å²) < 4.78 is 43.0. The molecular formula is C18H19BrF3N5O4. The van der Waals surface area contributed by atoms with Crippen molar-refractivity contribution in [2.45, 2.75) is 33.0 Å². The van der Waals surface area contributed by atoms with Gasteiger partial charge in [-0.25, -0.2) is 19.6 Å². The fourth-order valence-corrected chi connectivity index (χ4v) is 3.66. The van der Waals surface area contributed by atoms with Crippen LogP contribution in [0, 0.1) is 6.92 Å². The normalized spacial score (nSPS) is 14.7. The first-order valence-electron chi connectivity index (χ1n) is 9.41. The number of piperazine rings is 1. The molecule has 9 nitrogen and oxygen atoms in total. The molecule has 1 N–H and O–H groups in total. The lowest BCUT2D eigenvalue weighted by Crippen LogP contribution is -2.46. The van der Waals surface area contributed by atoms with Crippen molar-refractivity contribution in [1.29, 1.82) is 0 Å². The van der Waals surface area contributed by atoms with Gasteiger partial charge in [0, 0.05) is 31.9 Å². The van der Waals surface area contributed by atoms with Gasteiger partial charge in [-0.05, 0) is 29.3 Å². The van der Waals surface area contributed by atoms with Gasteiger partial charge in [0.25, 0.3) is 0 Å². The highest BCUT2D eigenvalue weighted by Crippen LogP contribution is 2.25. The van der Waals surface area contributed by atoms with E-state index in [0.717, 1.165) is 0 Å². The number of aryl methyl sites for hydroxylation is 1. The Morgan fingerprint density at radius 1 is 1.23 bits per heavy atom. The smallest absolute Gasteiger partial charge is 0.385 e. The third-order valence-electron chi connectivity index (χ3n) is 4.77. The van der Waals surface area contributed by atoms with Crippen molar-refractivity contribution < 1.29 is 27.5 Å². The van der Waals surface area contributed by atoms with Gasteiger partial charge >= 0.3 is 18.1 Å². The van der Waals surface area contributed by atoms with E-state index in [4.69, 9.17) is 0 Å². The Bertz CT molecular complexity index is 1100. The van der Waals surface area contributed by atoms with Crippen LogP contribution in [0.5, 0.6) is 0 Å². The summed E-state index contributed by atoms with van der Waals surface area (Å²) in [7, 11) is 0. The predicted molar refractivity (Wildman–Crippen MR) is 108 cm³/mol. The van der Waals surface area contributed by atoms with Crippen LogP contribution >= 0.6 is 15.9 Å². The molecule has 3 heterocycles. The highest BCUT2D eigenvalue weighted by Gasteiger charge is 2.42. The number of hydrogen-bond donors (Lipinski definition) is 1. The molecule has 0 bridgehead atoms.